The SMILES string of the molecule is Cc1onc(-c2c(F)cccc2Cl)c1C(=O)N1C[C@H](C(=O)N(C)C)Oc2ccccc21. The number of benzene rings is 2. The maximum absolute atomic E-state index is 14.6. The number of ether oxygens (including phenoxy) is 1. The number of para-hydroxylation sites is 2. The number of aryl methyl sites for hydroxylation is 1. The lowest BCUT2D eigenvalue weighted by Gasteiger charge is -2.35. The highest BCUT2D eigenvalue weighted by atomic mass is 35.5. The van der Waals surface area contributed by atoms with Gasteiger partial charge in [-0.15, -0.1) is 0 Å². The van der Waals surface area contributed by atoms with Crippen molar-refractivity contribution in [2.75, 3.05) is 25.5 Å². The van der Waals surface area contributed by atoms with Crippen molar-refractivity contribution in [3.8, 4) is 17.0 Å². The van der Waals surface area contributed by atoms with Gasteiger partial charge in [-0.3, -0.25) is 9.59 Å². The Morgan fingerprint density at radius 3 is 2.65 bits per heavy atom. The summed E-state index contributed by atoms with van der Waals surface area (Å²) in [5, 5.41) is 4.01. The Balaban J connectivity index is 1.82. The van der Waals surface area contributed by atoms with Gasteiger partial charge in [0.05, 0.1) is 22.8 Å². The lowest BCUT2D eigenvalue weighted by atomic mass is 10.0. The van der Waals surface area contributed by atoms with Crippen molar-refractivity contribution in [2.45, 2.75) is 13.0 Å². The molecule has 2 heterocycles. The van der Waals surface area contributed by atoms with Crippen LogP contribution >= 0.6 is 11.6 Å². The number of hydrogen-bond acceptors (Lipinski definition) is 5. The van der Waals surface area contributed by atoms with E-state index in [0.717, 1.165) is 0 Å². The Bertz CT molecular complexity index is 1160. The number of fused-ring (bicyclic) bond motifs is 1. The van der Waals surface area contributed by atoms with E-state index in [9.17, 15) is 14.0 Å². The number of amides is 2. The summed E-state index contributed by atoms with van der Waals surface area (Å²) in [5.41, 5.74) is 0.540. The fraction of sp³-hybridized carbons (Fsp3) is 0.227. The minimum Gasteiger partial charge on any atom is -0.476 e. The summed E-state index contributed by atoms with van der Waals surface area (Å²) >= 11 is 6.20. The molecule has 7 nitrogen and oxygen atoms in total. The van der Waals surface area contributed by atoms with Crippen LogP contribution in [-0.2, 0) is 4.79 Å². The molecule has 0 saturated carbocycles. The standard InChI is InChI=1S/C22H19ClFN3O4/c1-12-18(20(25-31-12)19-13(23)7-6-8-14(19)24)22(29)27-11-17(21(28)26(2)3)30-16-10-5-4-9-15(16)27/h4-10,17H,11H2,1-3H3/t17-/m1/s1. The first-order chi connectivity index (χ1) is 14.8. The molecule has 0 saturated heterocycles. The molecule has 1 aromatic heterocycles. The molecule has 0 aliphatic carbocycles. The van der Waals surface area contributed by atoms with Crippen molar-refractivity contribution in [1.82, 2.24) is 10.1 Å². The summed E-state index contributed by atoms with van der Waals surface area (Å²) in [7, 11) is 3.22. The molecule has 160 valence electrons. The van der Waals surface area contributed by atoms with E-state index in [4.69, 9.17) is 20.9 Å². The van der Waals surface area contributed by atoms with Crippen LogP contribution < -0.4 is 9.64 Å². The third kappa shape index (κ3) is 3.63. The smallest absolute Gasteiger partial charge is 0.265 e. The molecule has 0 unspecified atom stereocenters. The van der Waals surface area contributed by atoms with Gasteiger partial charge in [0.25, 0.3) is 11.8 Å². The van der Waals surface area contributed by atoms with Gasteiger partial charge in [-0.05, 0) is 31.2 Å². The minimum atomic E-state index is -0.894. The molecule has 1 atom stereocenters. The number of hydrogen-bond donors (Lipinski definition) is 0. The van der Waals surface area contributed by atoms with Crippen LogP contribution in [0, 0.1) is 12.7 Å². The van der Waals surface area contributed by atoms with E-state index in [1.807, 2.05) is 0 Å². The minimum absolute atomic E-state index is 0.00468. The molecule has 1 aliphatic heterocycles. The molecule has 4 rings (SSSR count). The molecule has 2 aromatic carbocycles. The summed E-state index contributed by atoms with van der Waals surface area (Å²) in [5.74, 6) is -0.814. The zero-order valence-electron chi connectivity index (χ0n) is 17.1. The average Bonchev–Trinajstić information content (AvgIpc) is 3.12. The number of rotatable bonds is 3. The lowest BCUT2D eigenvalue weighted by molar-refractivity contribution is -0.135. The number of carbonyl (C=O) groups is 2. The number of anilines is 1. The molecule has 9 heteroatoms. The van der Waals surface area contributed by atoms with Gasteiger partial charge in [0, 0.05) is 14.1 Å². The molecule has 0 N–H and O–H groups in total. The Morgan fingerprint density at radius 2 is 1.94 bits per heavy atom. The van der Waals surface area contributed by atoms with Gasteiger partial charge in [-0.1, -0.05) is 35.0 Å². The third-order valence-corrected chi connectivity index (χ3v) is 5.33. The highest BCUT2D eigenvalue weighted by Gasteiger charge is 2.37. The first-order valence-corrected chi connectivity index (χ1v) is 9.86. The number of likely N-dealkylation sites (N-methyl/N-ethyl adjacent to an activating group) is 1. The molecule has 3 aromatic rings. The molecule has 0 spiro atoms. The van der Waals surface area contributed by atoms with E-state index < -0.39 is 17.8 Å². The van der Waals surface area contributed by atoms with E-state index in [0.29, 0.717) is 11.4 Å². The fourth-order valence-corrected chi connectivity index (χ4v) is 3.75. The molecular weight excluding hydrogens is 425 g/mol. The third-order valence-electron chi connectivity index (χ3n) is 5.01. The summed E-state index contributed by atoms with van der Waals surface area (Å²) < 4.78 is 25.6. The van der Waals surface area contributed by atoms with Crippen molar-refractivity contribution in [3.05, 3.63) is 64.6 Å². The maximum Gasteiger partial charge on any atom is 0.265 e. The Morgan fingerprint density at radius 1 is 1.19 bits per heavy atom. The fourth-order valence-electron chi connectivity index (χ4n) is 3.50. The predicted octanol–water partition coefficient (Wildman–Crippen LogP) is 3.94. The van der Waals surface area contributed by atoms with Crippen LogP contribution in [0.2, 0.25) is 5.02 Å². The van der Waals surface area contributed by atoms with Gasteiger partial charge in [-0.2, -0.15) is 0 Å². The van der Waals surface area contributed by atoms with E-state index >= 15 is 0 Å². The summed E-state index contributed by atoms with van der Waals surface area (Å²) in [6, 6.07) is 11.1. The van der Waals surface area contributed by atoms with Crippen LogP contribution in [0.5, 0.6) is 5.75 Å². The van der Waals surface area contributed by atoms with Crippen LogP contribution in [0.4, 0.5) is 10.1 Å². The van der Waals surface area contributed by atoms with Crippen molar-refractivity contribution < 1.29 is 23.2 Å². The summed E-state index contributed by atoms with van der Waals surface area (Å²) in [4.78, 5) is 29.1. The lowest BCUT2D eigenvalue weighted by Crippen LogP contribution is -2.50. The maximum atomic E-state index is 14.6. The van der Waals surface area contributed by atoms with Crippen LogP contribution in [0.25, 0.3) is 11.3 Å². The molecule has 2 amide bonds. The Labute approximate surface area is 182 Å². The topological polar surface area (TPSA) is 75.9 Å². The second-order valence-electron chi connectivity index (χ2n) is 7.28. The number of carbonyl (C=O) groups excluding carboxylic acids is 2. The number of nitrogens with zero attached hydrogens (tertiary/aromatic N) is 3. The molecule has 0 bridgehead atoms. The zero-order chi connectivity index (χ0) is 22.3. The monoisotopic (exact) mass is 443 g/mol. The highest BCUT2D eigenvalue weighted by molar-refractivity contribution is 6.33. The van der Waals surface area contributed by atoms with E-state index in [1.165, 1.54) is 28.0 Å². The Kier molecular flexibility index (Phi) is 5.41. The number of halogens is 2. The summed E-state index contributed by atoms with van der Waals surface area (Å²) in [6.45, 7) is 1.54. The Hall–Kier alpha value is -3.39. The normalized spacial score (nSPS) is 15.3. The molecular formula is C22H19ClFN3O4. The zero-order valence-corrected chi connectivity index (χ0v) is 17.8. The van der Waals surface area contributed by atoms with Gasteiger partial charge in [0.1, 0.15) is 28.6 Å². The van der Waals surface area contributed by atoms with Gasteiger partial charge in [0.2, 0.25) is 0 Å². The molecule has 0 radical (unpaired) electrons. The predicted molar refractivity (Wildman–Crippen MR) is 113 cm³/mol. The second-order valence-corrected chi connectivity index (χ2v) is 7.69. The van der Waals surface area contributed by atoms with Gasteiger partial charge < -0.3 is 19.1 Å². The van der Waals surface area contributed by atoms with Crippen molar-refractivity contribution in [2.24, 2.45) is 0 Å². The highest BCUT2D eigenvalue weighted by Crippen LogP contribution is 2.38. The first-order valence-electron chi connectivity index (χ1n) is 9.49. The quantitative estimate of drug-likeness (QED) is 0.613. The van der Waals surface area contributed by atoms with Crippen LogP contribution in [0.3, 0.4) is 0 Å². The largest absolute Gasteiger partial charge is 0.476 e. The van der Waals surface area contributed by atoms with E-state index in [1.54, 1.807) is 45.3 Å². The van der Waals surface area contributed by atoms with Crippen molar-refractivity contribution in [1.29, 1.82) is 0 Å². The number of aromatic nitrogens is 1. The van der Waals surface area contributed by atoms with Crippen molar-refractivity contribution in [3.63, 3.8) is 0 Å². The van der Waals surface area contributed by atoms with E-state index in [-0.39, 0.29) is 40.1 Å². The van der Waals surface area contributed by atoms with Crippen molar-refractivity contribution >= 4 is 29.1 Å². The van der Waals surface area contributed by atoms with Crippen LogP contribution in [0.15, 0.2) is 47.0 Å². The second kappa shape index (κ2) is 8.03. The van der Waals surface area contributed by atoms with Gasteiger partial charge in [0.15, 0.2) is 6.10 Å². The van der Waals surface area contributed by atoms with Crippen LogP contribution in [0.1, 0.15) is 16.1 Å². The molecule has 31 heavy (non-hydrogen) atoms. The van der Waals surface area contributed by atoms with Gasteiger partial charge >= 0.3 is 0 Å². The molecule has 0 fully saturated rings. The summed E-state index contributed by atoms with van der Waals surface area (Å²) in [6.07, 6.45) is -0.894. The first kappa shape index (κ1) is 20.9. The van der Waals surface area contributed by atoms with E-state index in [2.05, 4.69) is 5.16 Å². The molecule has 1 aliphatic rings. The van der Waals surface area contributed by atoms with Gasteiger partial charge in [-0.25, -0.2) is 4.39 Å². The van der Waals surface area contributed by atoms with Crippen LogP contribution in [-0.4, -0.2) is 48.6 Å². The average molecular weight is 444 g/mol.